The van der Waals surface area contributed by atoms with Crippen LogP contribution in [0.4, 0.5) is 0 Å². The Labute approximate surface area is 134 Å². The second-order valence-corrected chi connectivity index (χ2v) is 6.44. The fourth-order valence-corrected chi connectivity index (χ4v) is 2.50. The molecular weight excluding hydrogens is 298 g/mol. The number of nitrogens with one attached hydrogen (secondary N) is 1. The number of aromatic nitrogens is 4. The lowest BCUT2D eigenvalue weighted by Crippen LogP contribution is -2.37. The molecule has 0 saturated heterocycles. The molecule has 22 heavy (non-hydrogen) atoms. The molecule has 6 nitrogen and oxygen atoms in total. The van der Waals surface area contributed by atoms with Crippen LogP contribution in [0.3, 0.4) is 0 Å². The molecule has 0 aliphatic heterocycles. The van der Waals surface area contributed by atoms with E-state index in [0.717, 1.165) is 11.4 Å². The van der Waals surface area contributed by atoms with Crippen molar-refractivity contribution in [2.75, 3.05) is 5.75 Å². The lowest BCUT2D eigenvalue weighted by molar-refractivity contribution is -0.119. The number of carbonyl (C=O) groups is 1. The van der Waals surface area contributed by atoms with Crippen LogP contribution in [0.15, 0.2) is 29.7 Å². The Hall–Kier alpha value is -1.89. The third-order valence-electron chi connectivity index (χ3n) is 3.48. The number of rotatable bonds is 6. The predicted octanol–water partition coefficient (Wildman–Crippen LogP) is 2.13. The Balaban J connectivity index is 1.97. The summed E-state index contributed by atoms with van der Waals surface area (Å²) in [6, 6.07) is 3.96. The number of pyridine rings is 1. The first-order valence-electron chi connectivity index (χ1n) is 7.21. The molecule has 0 aliphatic rings. The van der Waals surface area contributed by atoms with Crippen LogP contribution in [0, 0.1) is 5.92 Å². The quantitative estimate of drug-likeness (QED) is 0.826. The summed E-state index contributed by atoms with van der Waals surface area (Å²) in [5, 5.41) is 12.0. The SMILES string of the molecule is CC(C)C(C)NC(=O)CSc1nnc(-c2cccnc2)n1C. The highest BCUT2D eigenvalue weighted by molar-refractivity contribution is 7.99. The number of amides is 1. The maximum absolute atomic E-state index is 11.9. The van der Waals surface area contributed by atoms with Gasteiger partial charge in [-0.3, -0.25) is 9.78 Å². The van der Waals surface area contributed by atoms with Gasteiger partial charge in [-0.25, -0.2) is 0 Å². The Kier molecular flexibility index (Phi) is 5.54. The van der Waals surface area contributed by atoms with Crippen molar-refractivity contribution in [3.8, 4) is 11.4 Å². The average Bonchev–Trinajstić information content (AvgIpc) is 2.87. The van der Waals surface area contributed by atoms with Gasteiger partial charge in [-0.1, -0.05) is 25.6 Å². The minimum atomic E-state index is 0.0112. The summed E-state index contributed by atoms with van der Waals surface area (Å²) in [7, 11) is 1.89. The number of carbonyl (C=O) groups excluding carboxylic acids is 1. The van der Waals surface area contributed by atoms with Crippen molar-refractivity contribution in [3.05, 3.63) is 24.5 Å². The zero-order valence-corrected chi connectivity index (χ0v) is 14.1. The summed E-state index contributed by atoms with van der Waals surface area (Å²) in [5.41, 5.74) is 0.905. The molecule has 1 N–H and O–H groups in total. The number of hydrogen-bond acceptors (Lipinski definition) is 5. The van der Waals surface area contributed by atoms with Crippen LogP contribution in [0.25, 0.3) is 11.4 Å². The van der Waals surface area contributed by atoms with Gasteiger partial charge in [-0.15, -0.1) is 10.2 Å². The normalized spacial score (nSPS) is 12.4. The van der Waals surface area contributed by atoms with Gasteiger partial charge in [-0.05, 0) is 25.0 Å². The van der Waals surface area contributed by atoms with Crippen LogP contribution >= 0.6 is 11.8 Å². The van der Waals surface area contributed by atoms with E-state index in [4.69, 9.17) is 0 Å². The van der Waals surface area contributed by atoms with Crippen LogP contribution in [0.2, 0.25) is 0 Å². The Bertz CT molecular complexity index is 626. The van der Waals surface area contributed by atoms with Crippen LogP contribution in [0.1, 0.15) is 20.8 Å². The number of thioether (sulfide) groups is 1. The smallest absolute Gasteiger partial charge is 0.230 e. The lowest BCUT2D eigenvalue weighted by Gasteiger charge is -2.17. The molecule has 0 bridgehead atoms. The minimum Gasteiger partial charge on any atom is -0.353 e. The largest absolute Gasteiger partial charge is 0.353 e. The topological polar surface area (TPSA) is 72.7 Å². The first-order valence-corrected chi connectivity index (χ1v) is 8.19. The number of hydrogen-bond donors (Lipinski definition) is 1. The molecule has 0 fully saturated rings. The van der Waals surface area contributed by atoms with E-state index in [1.54, 1.807) is 12.4 Å². The molecular formula is C15H21N5OS. The van der Waals surface area contributed by atoms with E-state index in [1.165, 1.54) is 11.8 Å². The molecule has 2 aromatic rings. The molecule has 1 unspecified atom stereocenters. The van der Waals surface area contributed by atoms with Gasteiger partial charge < -0.3 is 9.88 Å². The van der Waals surface area contributed by atoms with Crippen LogP contribution in [-0.2, 0) is 11.8 Å². The Morgan fingerprint density at radius 3 is 2.77 bits per heavy atom. The van der Waals surface area contributed by atoms with E-state index in [0.29, 0.717) is 16.8 Å². The van der Waals surface area contributed by atoms with Gasteiger partial charge in [0.25, 0.3) is 0 Å². The average molecular weight is 319 g/mol. The highest BCUT2D eigenvalue weighted by atomic mass is 32.2. The molecule has 2 aromatic heterocycles. The zero-order valence-electron chi connectivity index (χ0n) is 13.3. The van der Waals surface area contributed by atoms with E-state index >= 15 is 0 Å². The van der Waals surface area contributed by atoms with E-state index in [-0.39, 0.29) is 11.9 Å². The Morgan fingerprint density at radius 1 is 1.36 bits per heavy atom. The van der Waals surface area contributed by atoms with Gasteiger partial charge in [0.1, 0.15) is 0 Å². The highest BCUT2D eigenvalue weighted by Gasteiger charge is 2.15. The molecule has 2 heterocycles. The van der Waals surface area contributed by atoms with Gasteiger partial charge in [0.2, 0.25) is 5.91 Å². The predicted molar refractivity (Wildman–Crippen MR) is 87.4 cm³/mol. The summed E-state index contributed by atoms with van der Waals surface area (Å²) in [6.07, 6.45) is 3.46. The highest BCUT2D eigenvalue weighted by Crippen LogP contribution is 2.21. The molecule has 1 atom stereocenters. The monoisotopic (exact) mass is 319 g/mol. The first kappa shape index (κ1) is 16.5. The van der Waals surface area contributed by atoms with Crippen molar-refractivity contribution in [3.63, 3.8) is 0 Å². The van der Waals surface area contributed by atoms with Crippen LogP contribution in [-0.4, -0.2) is 37.5 Å². The van der Waals surface area contributed by atoms with Gasteiger partial charge in [0, 0.05) is 31.0 Å². The van der Waals surface area contributed by atoms with E-state index in [1.807, 2.05) is 30.7 Å². The lowest BCUT2D eigenvalue weighted by atomic mass is 10.1. The van der Waals surface area contributed by atoms with Crippen LogP contribution < -0.4 is 5.32 Å². The third-order valence-corrected chi connectivity index (χ3v) is 4.50. The van der Waals surface area contributed by atoms with Gasteiger partial charge in [-0.2, -0.15) is 0 Å². The van der Waals surface area contributed by atoms with Crippen molar-refractivity contribution in [1.29, 1.82) is 0 Å². The summed E-state index contributed by atoms with van der Waals surface area (Å²) >= 11 is 1.38. The molecule has 0 saturated carbocycles. The third kappa shape index (κ3) is 4.07. The molecule has 1 amide bonds. The van der Waals surface area contributed by atoms with Gasteiger partial charge in [0.05, 0.1) is 5.75 Å². The first-order chi connectivity index (χ1) is 10.5. The minimum absolute atomic E-state index is 0.0112. The molecule has 0 radical (unpaired) electrons. The van der Waals surface area contributed by atoms with Crippen LogP contribution in [0.5, 0.6) is 0 Å². The van der Waals surface area contributed by atoms with E-state index in [2.05, 4.69) is 34.3 Å². The van der Waals surface area contributed by atoms with Crippen molar-refractivity contribution in [2.45, 2.75) is 32.0 Å². The molecule has 0 aliphatic carbocycles. The standard InChI is InChI=1S/C15H21N5OS/c1-10(2)11(3)17-13(21)9-22-15-19-18-14(20(15)4)12-6-5-7-16-8-12/h5-8,10-11H,9H2,1-4H3,(H,17,21). The van der Waals surface area contributed by atoms with Crippen molar-refractivity contribution in [2.24, 2.45) is 13.0 Å². The molecule has 0 spiro atoms. The maximum atomic E-state index is 11.9. The molecule has 0 aromatic carbocycles. The second kappa shape index (κ2) is 7.40. The summed E-state index contributed by atoms with van der Waals surface area (Å²) in [6.45, 7) is 6.18. The summed E-state index contributed by atoms with van der Waals surface area (Å²) in [4.78, 5) is 16.0. The Morgan fingerprint density at radius 2 is 2.14 bits per heavy atom. The van der Waals surface area contributed by atoms with Gasteiger partial charge in [0.15, 0.2) is 11.0 Å². The molecule has 118 valence electrons. The zero-order chi connectivity index (χ0) is 16.1. The van der Waals surface area contributed by atoms with Gasteiger partial charge >= 0.3 is 0 Å². The fourth-order valence-electron chi connectivity index (χ4n) is 1.78. The molecule has 7 heteroatoms. The maximum Gasteiger partial charge on any atom is 0.230 e. The van der Waals surface area contributed by atoms with E-state index in [9.17, 15) is 4.79 Å². The summed E-state index contributed by atoms with van der Waals surface area (Å²) in [5.74, 6) is 1.50. The van der Waals surface area contributed by atoms with Crippen molar-refractivity contribution in [1.82, 2.24) is 25.1 Å². The number of nitrogens with zero attached hydrogens (tertiary/aromatic N) is 4. The molecule has 2 rings (SSSR count). The van der Waals surface area contributed by atoms with E-state index < -0.39 is 0 Å². The second-order valence-electron chi connectivity index (χ2n) is 5.50. The van der Waals surface area contributed by atoms with Crippen molar-refractivity contribution < 1.29 is 4.79 Å². The summed E-state index contributed by atoms with van der Waals surface area (Å²) < 4.78 is 1.88. The fraction of sp³-hybridized carbons (Fsp3) is 0.467. The van der Waals surface area contributed by atoms with Crippen molar-refractivity contribution >= 4 is 17.7 Å².